The molecule has 0 radical (unpaired) electrons. The van der Waals surface area contributed by atoms with Gasteiger partial charge in [0.25, 0.3) is 5.91 Å². The van der Waals surface area contributed by atoms with Crippen molar-refractivity contribution < 1.29 is 15.0 Å². The second kappa shape index (κ2) is 7.62. The molecule has 0 saturated heterocycles. The molecule has 1 rings (SSSR count). The van der Waals surface area contributed by atoms with Crippen molar-refractivity contribution >= 4 is 21.8 Å². The Balaban J connectivity index is 2.68. The highest BCUT2D eigenvalue weighted by Gasteiger charge is 2.22. The Morgan fingerprint density at radius 1 is 1.32 bits per heavy atom. The van der Waals surface area contributed by atoms with Crippen molar-refractivity contribution in [2.75, 3.05) is 6.61 Å². The third-order valence-corrected chi connectivity index (χ3v) is 3.54. The average Bonchev–Trinajstić information content (AvgIpc) is 2.38. The van der Waals surface area contributed by atoms with Crippen LogP contribution in [0.4, 0.5) is 0 Å². The van der Waals surface area contributed by atoms with E-state index >= 15 is 0 Å². The summed E-state index contributed by atoms with van der Waals surface area (Å²) in [7, 11) is 0. The molecule has 1 amide bonds. The molecule has 2 atom stereocenters. The number of amides is 1. The summed E-state index contributed by atoms with van der Waals surface area (Å²) in [6.07, 6.45) is -0.704. The predicted molar refractivity (Wildman–Crippen MR) is 77.6 cm³/mol. The summed E-state index contributed by atoms with van der Waals surface area (Å²) in [5, 5.41) is 21.7. The highest BCUT2D eigenvalue weighted by Crippen LogP contribution is 2.17. The van der Waals surface area contributed by atoms with E-state index in [0.717, 1.165) is 4.47 Å². The summed E-state index contributed by atoms with van der Waals surface area (Å²) in [5.74, 6) is -0.234. The molecule has 0 fully saturated rings. The molecule has 3 N–H and O–H groups in total. The highest BCUT2D eigenvalue weighted by molar-refractivity contribution is 9.10. The summed E-state index contributed by atoms with van der Waals surface area (Å²) >= 11 is 3.30. The number of hydrogen-bond acceptors (Lipinski definition) is 3. The van der Waals surface area contributed by atoms with Crippen LogP contribution in [0.25, 0.3) is 0 Å². The SMILES string of the molecule is CC(C)[C@@H](CCO)NC(=O)[C@@H](O)c1ccc(Br)cc1. The lowest BCUT2D eigenvalue weighted by Crippen LogP contribution is -2.41. The number of carbonyl (C=O) groups excluding carboxylic acids is 1. The fourth-order valence-corrected chi connectivity index (χ4v) is 2.03. The second-order valence-electron chi connectivity index (χ2n) is 4.83. The van der Waals surface area contributed by atoms with Gasteiger partial charge in [-0.3, -0.25) is 4.79 Å². The molecular weight excluding hydrogens is 310 g/mol. The van der Waals surface area contributed by atoms with Gasteiger partial charge < -0.3 is 15.5 Å². The zero-order valence-corrected chi connectivity index (χ0v) is 12.7. The Bertz CT molecular complexity index is 406. The van der Waals surface area contributed by atoms with Crippen LogP contribution in [0.1, 0.15) is 31.9 Å². The third kappa shape index (κ3) is 4.93. The van der Waals surface area contributed by atoms with Crippen molar-refractivity contribution in [1.82, 2.24) is 5.32 Å². The number of rotatable bonds is 6. The van der Waals surface area contributed by atoms with Gasteiger partial charge in [-0.1, -0.05) is 41.9 Å². The summed E-state index contributed by atoms with van der Waals surface area (Å²) < 4.78 is 0.893. The van der Waals surface area contributed by atoms with E-state index in [1.807, 2.05) is 13.8 Å². The van der Waals surface area contributed by atoms with Gasteiger partial charge in [0, 0.05) is 17.1 Å². The van der Waals surface area contributed by atoms with E-state index in [9.17, 15) is 9.90 Å². The molecule has 0 aliphatic heterocycles. The molecule has 0 saturated carbocycles. The van der Waals surface area contributed by atoms with Crippen LogP contribution in [-0.4, -0.2) is 28.8 Å². The van der Waals surface area contributed by atoms with Gasteiger partial charge in [0.2, 0.25) is 0 Å². The number of nitrogens with one attached hydrogen (secondary N) is 1. The minimum Gasteiger partial charge on any atom is -0.396 e. The molecule has 106 valence electrons. The predicted octanol–water partition coefficient (Wildman–Crippen LogP) is 2.01. The van der Waals surface area contributed by atoms with E-state index < -0.39 is 12.0 Å². The summed E-state index contributed by atoms with van der Waals surface area (Å²) in [5.41, 5.74) is 0.548. The molecule has 19 heavy (non-hydrogen) atoms. The summed E-state index contributed by atoms with van der Waals surface area (Å²) in [6, 6.07) is 6.82. The van der Waals surface area contributed by atoms with Crippen molar-refractivity contribution in [2.24, 2.45) is 5.92 Å². The van der Waals surface area contributed by atoms with Crippen molar-refractivity contribution in [1.29, 1.82) is 0 Å². The van der Waals surface area contributed by atoms with E-state index in [2.05, 4.69) is 21.2 Å². The minimum atomic E-state index is -1.19. The maximum absolute atomic E-state index is 12.0. The van der Waals surface area contributed by atoms with Crippen molar-refractivity contribution in [3.63, 3.8) is 0 Å². The molecule has 1 aromatic carbocycles. The monoisotopic (exact) mass is 329 g/mol. The zero-order valence-electron chi connectivity index (χ0n) is 11.1. The molecule has 0 bridgehead atoms. The van der Waals surface area contributed by atoms with E-state index in [-0.39, 0.29) is 18.6 Å². The lowest BCUT2D eigenvalue weighted by molar-refractivity contribution is -0.130. The lowest BCUT2D eigenvalue weighted by Gasteiger charge is -2.23. The standard InChI is InChI=1S/C14H20BrNO3/c1-9(2)12(7-8-17)16-14(19)13(18)10-3-5-11(15)6-4-10/h3-6,9,12-13,17-18H,7-8H2,1-2H3,(H,16,19)/t12-,13+/m1/s1. The van der Waals surface area contributed by atoms with Crippen LogP contribution < -0.4 is 5.32 Å². The van der Waals surface area contributed by atoms with Gasteiger partial charge in [0.15, 0.2) is 6.10 Å². The number of aliphatic hydroxyl groups excluding tert-OH is 2. The molecule has 5 heteroatoms. The van der Waals surface area contributed by atoms with Gasteiger partial charge >= 0.3 is 0 Å². The van der Waals surface area contributed by atoms with Gasteiger partial charge in [-0.05, 0) is 30.0 Å². The van der Waals surface area contributed by atoms with Crippen molar-refractivity contribution in [2.45, 2.75) is 32.4 Å². The van der Waals surface area contributed by atoms with Crippen LogP contribution >= 0.6 is 15.9 Å². The zero-order chi connectivity index (χ0) is 14.4. The van der Waals surface area contributed by atoms with Crippen LogP contribution in [-0.2, 0) is 4.79 Å². The van der Waals surface area contributed by atoms with Gasteiger partial charge in [-0.15, -0.1) is 0 Å². The first kappa shape index (κ1) is 16.1. The Labute approximate surface area is 122 Å². The fourth-order valence-electron chi connectivity index (χ4n) is 1.77. The molecule has 0 unspecified atom stereocenters. The first-order valence-corrected chi connectivity index (χ1v) is 7.09. The molecule has 0 aliphatic rings. The van der Waals surface area contributed by atoms with Gasteiger partial charge in [-0.2, -0.15) is 0 Å². The van der Waals surface area contributed by atoms with Crippen LogP contribution in [0, 0.1) is 5.92 Å². The molecule has 0 aliphatic carbocycles. The first-order chi connectivity index (χ1) is 8.95. The van der Waals surface area contributed by atoms with Gasteiger partial charge in [0.05, 0.1) is 0 Å². The smallest absolute Gasteiger partial charge is 0.253 e. The van der Waals surface area contributed by atoms with E-state index in [1.54, 1.807) is 24.3 Å². The van der Waals surface area contributed by atoms with Crippen LogP contribution in [0.15, 0.2) is 28.7 Å². The minimum absolute atomic E-state index is 0.0114. The average molecular weight is 330 g/mol. The molecule has 4 nitrogen and oxygen atoms in total. The third-order valence-electron chi connectivity index (χ3n) is 3.01. The largest absolute Gasteiger partial charge is 0.396 e. The second-order valence-corrected chi connectivity index (χ2v) is 5.74. The number of benzene rings is 1. The summed E-state index contributed by atoms with van der Waals surface area (Å²) in [4.78, 5) is 12.0. The quantitative estimate of drug-likeness (QED) is 0.747. The van der Waals surface area contributed by atoms with Crippen LogP contribution in [0.3, 0.4) is 0 Å². The molecule has 1 aromatic rings. The Morgan fingerprint density at radius 3 is 2.37 bits per heavy atom. The van der Waals surface area contributed by atoms with Crippen LogP contribution in [0.5, 0.6) is 0 Å². The number of aliphatic hydroxyl groups is 2. The molecule has 0 heterocycles. The van der Waals surface area contributed by atoms with E-state index in [1.165, 1.54) is 0 Å². The van der Waals surface area contributed by atoms with E-state index in [0.29, 0.717) is 12.0 Å². The van der Waals surface area contributed by atoms with Crippen molar-refractivity contribution in [3.8, 4) is 0 Å². The Kier molecular flexibility index (Phi) is 6.48. The van der Waals surface area contributed by atoms with E-state index in [4.69, 9.17) is 5.11 Å². The van der Waals surface area contributed by atoms with Crippen LogP contribution in [0.2, 0.25) is 0 Å². The van der Waals surface area contributed by atoms with Crippen molar-refractivity contribution in [3.05, 3.63) is 34.3 Å². The molecule has 0 spiro atoms. The van der Waals surface area contributed by atoms with Gasteiger partial charge in [0.1, 0.15) is 0 Å². The maximum Gasteiger partial charge on any atom is 0.253 e. The lowest BCUT2D eigenvalue weighted by atomic mass is 10.0. The fraction of sp³-hybridized carbons (Fsp3) is 0.500. The topological polar surface area (TPSA) is 69.6 Å². The number of carbonyl (C=O) groups is 1. The highest BCUT2D eigenvalue weighted by atomic mass is 79.9. The normalized spacial score (nSPS) is 14.2. The summed E-state index contributed by atoms with van der Waals surface area (Å²) in [6.45, 7) is 3.94. The molecule has 0 aromatic heterocycles. The van der Waals surface area contributed by atoms with Gasteiger partial charge in [-0.25, -0.2) is 0 Å². The molecular formula is C14H20BrNO3. The Morgan fingerprint density at radius 2 is 1.89 bits per heavy atom. The number of halogens is 1. The maximum atomic E-state index is 12.0. The first-order valence-electron chi connectivity index (χ1n) is 6.30. The number of hydrogen-bond donors (Lipinski definition) is 3. The Hall–Kier alpha value is -0.910.